The van der Waals surface area contributed by atoms with Crippen LogP contribution in [-0.4, -0.2) is 22.5 Å². The smallest absolute Gasteiger partial charge is 0.228 e. The van der Waals surface area contributed by atoms with Gasteiger partial charge in [0.05, 0.1) is 12.5 Å². The number of nitrogens with zero attached hydrogens (tertiary/aromatic N) is 1. The topological polar surface area (TPSA) is 32.3 Å². The van der Waals surface area contributed by atoms with E-state index in [2.05, 4.69) is 49.2 Å². The summed E-state index contributed by atoms with van der Waals surface area (Å²) in [4.78, 5) is 13.9. The van der Waals surface area contributed by atoms with Gasteiger partial charge in [-0.3, -0.25) is 4.79 Å². The highest BCUT2D eigenvalue weighted by atomic mass is 32.1. The Bertz CT molecular complexity index is 513. The van der Waals surface area contributed by atoms with Gasteiger partial charge in [-0.05, 0) is 49.2 Å². The van der Waals surface area contributed by atoms with Crippen LogP contribution >= 0.6 is 12.2 Å². The maximum atomic E-state index is 11.8. The minimum atomic E-state index is 0.0185. The molecule has 0 aromatic heterocycles. The Labute approximate surface area is 120 Å². The SMILES string of the molecule is CCc1cccc(C)c1C1CC(=O)NC(=S)N1CC. The van der Waals surface area contributed by atoms with E-state index in [0.717, 1.165) is 13.0 Å². The predicted octanol–water partition coefficient (Wildman–Crippen LogP) is 2.73. The van der Waals surface area contributed by atoms with E-state index < -0.39 is 0 Å². The van der Waals surface area contributed by atoms with Gasteiger partial charge in [-0.15, -0.1) is 0 Å². The molecule has 1 aromatic rings. The lowest BCUT2D eigenvalue weighted by molar-refractivity contribution is -0.122. The van der Waals surface area contributed by atoms with Crippen molar-refractivity contribution < 1.29 is 4.79 Å². The Morgan fingerprint density at radius 1 is 1.42 bits per heavy atom. The molecule has 1 aliphatic rings. The third-order valence-electron chi connectivity index (χ3n) is 3.73. The maximum absolute atomic E-state index is 11.8. The van der Waals surface area contributed by atoms with E-state index in [1.807, 2.05) is 0 Å². The van der Waals surface area contributed by atoms with E-state index in [-0.39, 0.29) is 11.9 Å². The molecule has 1 atom stereocenters. The second-order valence-corrected chi connectivity index (χ2v) is 5.25. The maximum Gasteiger partial charge on any atom is 0.228 e. The number of aryl methyl sites for hydroxylation is 2. The molecule has 1 saturated heterocycles. The van der Waals surface area contributed by atoms with Gasteiger partial charge in [0.15, 0.2) is 5.11 Å². The fourth-order valence-corrected chi connectivity index (χ4v) is 3.19. The van der Waals surface area contributed by atoms with E-state index in [1.54, 1.807) is 0 Å². The molecule has 0 spiro atoms. The van der Waals surface area contributed by atoms with Gasteiger partial charge in [-0.1, -0.05) is 25.1 Å². The Kier molecular flexibility index (Phi) is 4.20. The molecule has 1 amide bonds. The summed E-state index contributed by atoms with van der Waals surface area (Å²) >= 11 is 5.30. The summed E-state index contributed by atoms with van der Waals surface area (Å²) in [7, 11) is 0. The first-order chi connectivity index (χ1) is 9.08. The van der Waals surface area contributed by atoms with Gasteiger partial charge in [-0.2, -0.15) is 0 Å². The van der Waals surface area contributed by atoms with Crippen LogP contribution in [0.2, 0.25) is 0 Å². The molecule has 1 aromatic carbocycles. The molecular formula is C15H20N2OS. The summed E-state index contributed by atoms with van der Waals surface area (Å²) in [6.07, 6.45) is 1.45. The van der Waals surface area contributed by atoms with Crippen molar-refractivity contribution in [2.75, 3.05) is 6.54 Å². The first-order valence-electron chi connectivity index (χ1n) is 6.77. The number of rotatable bonds is 3. The molecular weight excluding hydrogens is 256 g/mol. The van der Waals surface area contributed by atoms with E-state index in [0.29, 0.717) is 11.5 Å². The highest BCUT2D eigenvalue weighted by Gasteiger charge is 2.31. The molecule has 1 unspecified atom stereocenters. The number of amides is 1. The van der Waals surface area contributed by atoms with Gasteiger partial charge < -0.3 is 10.2 Å². The summed E-state index contributed by atoms with van der Waals surface area (Å²) in [6.45, 7) is 7.13. The van der Waals surface area contributed by atoms with Crippen LogP contribution in [0, 0.1) is 6.92 Å². The number of carbonyl (C=O) groups excluding carboxylic acids is 1. The zero-order valence-electron chi connectivity index (χ0n) is 11.7. The molecule has 4 heteroatoms. The van der Waals surface area contributed by atoms with Gasteiger partial charge in [0, 0.05) is 6.54 Å². The Balaban J connectivity index is 2.48. The summed E-state index contributed by atoms with van der Waals surface area (Å²) in [5.74, 6) is 0.0185. The van der Waals surface area contributed by atoms with E-state index in [4.69, 9.17) is 12.2 Å². The van der Waals surface area contributed by atoms with Gasteiger partial charge in [0.25, 0.3) is 0 Å². The van der Waals surface area contributed by atoms with E-state index in [1.165, 1.54) is 16.7 Å². The van der Waals surface area contributed by atoms with Crippen LogP contribution in [0.4, 0.5) is 0 Å². The fourth-order valence-electron chi connectivity index (χ4n) is 2.82. The zero-order valence-corrected chi connectivity index (χ0v) is 12.5. The Morgan fingerprint density at radius 3 is 2.79 bits per heavy atom. The molecule has 1 N–H and O–H groups in total. The minimum absolute atomic E-state index is 0.0185. The monoisotopic (exact) mass is 276 g/mol. The average Bonchev–Trinajstić information content (AvgIpc) is 2.37. The van der Waals surface area contributed by atoms with Gasteiger partial charge in [-0.25, -0.2) is 0 Å². The molecule has 1 heterocycles. The Morgan fingerprint density at radius 2 is 2.16 bits per heavy atom. The first kappa shape index (κ1) is 14.0. The quantitative estimate of drug-likeness (QED) is 0.862. The molecule has 3 nitrogen and oxygen atoms in total. The third-order valence-corrected chi connectivity index (χ3v) is 4.07. The molecule has 0 bridgehead atoms. The van der Waals surface area contributed by atoms with Crippen LogP contribution < -0.4 is 5.32 Å². The van der Waals surface area contributed by atoms with Crippen molar-refractivity contribution in [3.8, 4) is 0 Å². The van der Waals surface area contributed by atoms with Crippen molar-refractivity contribution in [3.05, 3.63) is 34.9 Å². The van der Waals surface area contributed by atoms with Crippen LogP contribution in [0.5, 0.6) is 0 Å². The summed E-state index contributed by atoms with van der Waals surface area (Å²) in [5, 5.41) is 3.31. The number of nitrogens with one attached hydrogen (secondary N) is 1. The molecule has 0 radical (unpaired) electrons. The van der Waals surface area contributed by atoms with Crippen LogP contribution in [0.1, 0.15) is 43.0 Å². The molecule has 0 aliphatic carbocycles. The van der Waals surface area contributed by atoms with Gasteiger partial charge >= 0.3 is 0 Å². The van der Waals surface area contributed by atoms with Gasteiger partial charge in [0.1, 0.15) is 0 Å². The summed E-state index contributed by atoms with van der Waals surface area (Å²) in [5.41, 5.74) is 3.81. The van der Waals surface area contributed by atoms with Crippen LogP contribution in [0.25, 0.3) is 0 Å². The lowest BCUT2D eigenvalue weighted by Crippen LogP contribution is -2.51. The van der Waals surface area contributed by atoms with E-state index >= 15 is 0 Å². The number of carbonyl (C=O) groups is 1. The lowest BCUT2D eigenvalue weighted by atomic mass is 9.90. The van der Waals surface area contributed by atoms with Crippen molar-refractivity contribution in [1.29, 1.82) is 0 Å². The number of thiocarbonyl (C=S) groups is 1. The molecule has 19 heavy (non-hydrogen) atoms. The summed E-state index contributed by atoms with van der Waals surface area (Å²) in [6, 6.07) is 6.40. The molecule has 102 valence electrons. The minimum Gasteiger partial charge on any atom is -0.342 e. The first-order valence-corrected chi connectivity index (χ1v) is 7.18. The van der Waals surface area contributed by atoms with Crippen LogP contribution in [-0.2, 0) is 11.2 Å². The van der Waals surface area contributed by atoms with E-state index in [9.17, 15) is 4.79 Å². The fraction of sp³-hybridized carbons (Fsp3) is 0.467. The predicted molar refractivity (Wildman–Crippen MR) is 81.0 cm³/mol. The largest absolute Gasteiger partial charge is 0.342 e. The summed E-state index contributed by atoms with van der Waals surface area (Å²) < 4.78 is 0. The molecule has 2 rings (SSSR count). The standard InChI is InChI=1S/C15H20N2OS/c1-4-11-8-6-7-10(3)14(11)12-9-13(18)16-15(19)17(12)5-2/h6-8,12H,4-5,9H2,1-3H3,(H,16,18,19). The van der Waals surface area contributed by atoms with Crippen molar-refractivity contribution in [2.24, 2.45) is 0 Å². The van der Waals surface area contributed by atoms with Gasteiger partial charge in [0.2, 0.25) is 5.91 Å². The number of hydrogen-bond donors (Lipinski definition) is 1. The number of benzene rings is 1. The van der Waals surface area contributed by atoms with Crippen LogP contribution in [0.3, 0.4) is 0 Å². The number of hydrogen-bond acceptors (Lipinski definition) is 2. The zero-order chi connectivity index (χ0) is 14.0. The molecule has 1 aliphatic heterocycles. The van der Waals surface area contributed by atoms with Crippen molar-refractivity contribution in [3.63, 3.8) is 0 Å². The van der Waals surface area contributed by atoms with Crippen LogP contribution in [0.15, 0.2) is 18.2 Å². The highest BCUT2D eigenvalue weighted by Crippen LogP contribution is 2.32. The third kappa shape index (κ3) is 2.63. The Hall–Kier alpha value is -1.42. The molecule has 1 fully saturated rings. The highest BCUT2D eigenvalue weighted by molar-refractivity contribution is 7.80. The van der Waals surface area contributed by atoms with Crippen molar-refractivity contribution >= 4 is 23.2 Å². The lowest BCUT2D eigenvalue weighted by Gasteiger charge is -2.38. The molecule has 0 saturated carbocycles. The van der Waals surface area contributed by atoms with Crippen molar-refractivity contribution in [2.45, 2.75) is 39.7 Å². The second kappa shape index (κ2) is 5.70. The normalized spacial score (nSPS) is 19.5. The average molecular weight is 276 g/mol. The second-order valence-electron chi connectivity index (χ2n) is 4.86. The van der Waals surface area contributed by atoms with Crippen molar-refractivity contribution in [1.82, 2.24) is 10.2 Å².